The molecule has 47 heavy (non-hydrogen) atoms. The van der Waals surface area contributed by atoms with Gasteiger partial charge in [0, 0.05) is 24.4 Å². The summed E-state index contributed by atoms with van der Waals surface area (Å²) in [4.78, 5) is 24.4. The van der Waals surface area contributed by atoms with E-state index in [-0.39, 0.29) is 5.97 Å². The molecule has 248 valence electrons. The fourth-order valence-electron chi connectivity index (χ4n) is 4.45. The Morgan fingerprint density at radius 3 is 1.47 bits per heavy atom. The first-order valence-electron chi connectivity index (χ1n) is 16.1. The van der Waals surface area contributed by atoms with Crippen LogP contribution >= 0.6 is 0 Å². The van der Waals surface area contributed by atoms with Gasteiger partial charge in [-0.15, -0.1) is 0 Å². The Kier molecular flexibility index (Phi) is 16.7. The summed E-state index contributed by atoms with van der Waals surface area (Å²) in [6, 6.07) is 22.7. The van der Waals surface area contributed by atoms with E-state index in [2.05, 4.69) is 38.5 Å². The van der Waals surface area contributed by atoms with Gasteiger partial charge in [-0.3, -0.25) is 0 Å². The summed E-state index contributed by atoms with van der Waals surface area (Å²) in [6.07, 6.45) is 9.96. The second-order valence-corrected chi connectivity index (χ2v) is 10.6. The number of anilines is 1. The minimum Gasteiger partial charge on any atom is -0.494 e. The van der Waals surface area contributed by atoms with Gasteiger partial charge >= 0.3 is 11.9 Å². The van der Waals surface area contributed by atoms with E-state index < -0.39 is 5.97 Å². The molecule has 0 atom stereocenters. The van der Waals surface area contributed by atoms with Crippen LogP contribution in [0.3, 0.4) is 0 Å². The van der Waals surface area contributed by atoms with Crippen LogP contribution in [-0.2, 0) is 19.1 Å². The van der Waals surface area contributed by atoms with Crippen LogP contribution in [0.4, 0.5) is 28.4 Å². The van der Waals surface area contributed by atoms with Gasteiger partial charge < -0.3 is 19.1 Å². The predicted molar refractivity (Wildman–Crippen MR) is 186 cm³/mol. The quantitative estimate of drug-likeness (QED) is 0.0468. The van der Waals surface area contributed by atoms with Gasteiger partial charge in [-0.25, -0.2) is 9.59 Å². The number of benzene rings is 3. The number of likely N-dealkylation sites (N-methyl/N-ethyl adjacent to an activating group) is 1. The lowest BCUT2D eigenvalue weighted by Crippen LogP contribution is -2.27. The molecule has 0 heterocycles. The van der Waals surface area contributed by atoms with E-state index in [1.807, 2.05) is 79.7 Å². The van der Waals surface area contributed by atoms with Crippen LogP contribution in [0, 0.1) is 0 Å². The van der Waals surface area contributed by atoms with Gasteiger partial charge in [-0.05, 0) is 92.6 Å². The average molecular weight is 640 g/mol. The highest BCUT2D eigenvalue weighted by atomic mass is 16.5. The number of azo groups is 2. The van der Waals surface area contributed by atoms with Crippen molar-refractivity contribution in [2.45, 2.75) is 51.9 Å². The summed E-state index contributed by atoms with van der Waals surface area (Å²) in [5.41, 5.74) is 3.90. The fourth-order valence-corrected chi connectivity index (χ4v) is 4.45. The number of rotatable bonds is 22. The van der Waals surface area contributed by atoms with Crippen LogP contribution in [0.5, 0.6) is 5.75 Å². The minimum absolute atomic E-state index is 0.293. The number of carbonyl (C=O) groups excluding carboxylic acids is 2. The maximum absolute atomic E-state index is 11.3. The molecule has 0 fully saturated rings. The topological polar surface area (TPSA) is 115 Å². The Hall–Kier alpha value is -5.12. The van der Waals surface area contributed by atoms with Crippen molar-refractivity contribution < 1.29 is 23.8 Å². The third-order valence-electron chi connectivity index (χ3n) is 7.09. The molecule has 0 radical (unpaired) electrons. The molecule has 10 nitrogen and oxygen atoms in total. The van der Waals surface area contributed by atoms with E-state index in [0.717, 1.165) is 67.5 Å². The van der Waals surface area contributed by atoms with Gasteiger partial charge in [0.1, 0.15) is 12.4 Å². The first-order chi connectivity index (χ1) is 23.0. The fraction of sp³-hybridized carbons (Fsp3) is 0.351. The second-order valence-electron chi connectivity index (χ2n) is 10.6. The number of carbonyl (C=O) groups is 2. The van der Waals surface area contributed by atoms with Crippen molar-refractivity contribution in [2.75, 3.05) is 37.8 Å². The highest BCUT2D eigenvalue weighted by molar-refractivity contribution is 5.81. The zero-order valence-corrected chi connectivity index (χ0v) is 27.3. The Balaban J connectivity index is 1.33. The van der Waals surface area contributed by atoms with Crippen molar-refractivity contribution in [1.29, 1.82) is 0 Å². The van der Waals surface area contributed by atoms with Crippen LogP contribution in [0.25, 0.3) is 0 Å². The maximum Gasteiger partial charge on any atom is 0.330 e. The molecule has 0 aliphatic carbocycles. The van der Waals surface area contributed by atoms with Crippen molar-refractivity contribution in [3.8, 4) is 5.75 Å². The van der Waals surface area contributed by atoms with Crippen LogP contribution in [0.15, 0.2) is 119 Å². The summed E-state index contributed by atoms with van der Waals surface area (Å²) in [6.45, 7) is 11.6. The number of unbranched alkanes of at least 4 members (excludes halogenated alkanes) is 6. The van der Waals surface area contributed by atoms with E-state index in [1.165, 1.54) is 18.9 Å². The molecule has 0 amide bonds. The average Bonchev–Trinajstić information content (AvgIpc) is 3.11. The molecule has 3 aromatic carbocycles. The van der Waals surface area contributed by atoms with Gasteiger partial charge in [-0.2, -0.15) is 20.5 Å². The van der Waals surface area contributed by atoms with Crippen LogP contribution in [0.2, 0.25) is 0 Å². The number of esters is 2. The highest BCUT2D eigenvalue weighted by Crippen LogP contribution is 2.26. The molecule has 0 aromatic heterocycles. The number of hydrogen-bond acceptors (Lipinski definition) is 10. The van der Waals surface area contributed by atoms with E-state index in [0.29, 0.717) is 37.7 Å². The van der Waals surface area contributed by atoms with Gasteiger partial charge in [0.2, 0.25) is 0 Å². The lowest BCUT2D eigenvalue weighted by molar-refractivity contribution is -0.138. The number of nitrogens with zero attached hydrogens (tertiary/aromatic N) is 5. The van der Waals surface area contributed by atoms with Gasteiger partial charge in [-0.1, -0.05) is 45.3 Å². The zero-order chi connectivity index (χ0) is 33.5. The summed E-state index contributed by atoms with van der Waals surface area (Å²) >= 11 is 0. The second kappa shape index (κ2) is 21.6. The van der Waals surface area contributed by atoms with Crippen molar-refractivity contribution in [3.05, 3.63) is 98.1 Å². The minimum atomic E-state index is -0.422. The monoisotopic (exact) mass is 639 g/mol. The molecular formula is C37H45N5O5. The van der Waals surface area contributed by atoms with E-state index in [4.69, 9.17) is 14.2 Å². The molecule has 0 saturated carbocycles. The Bertz CT molecular complexity index is 1440. The van der Waals surface area contributed by atoms with Crippen molar-refractivity contribution in [1.82, 2.24) is 0 Å². The standard InChI is InChI=1S/C37H45N5O5/c1-4-36(43)46-28-13-11-9-7-8-10-12-27-45-35-24-20-33(21-25-35)41-39-31-16-14-30(15-17-31)38-40-32-18-22-34(23-19-32)42(6-3)26-29-47-37(44)5-2/h4-5,14-25H,1-2,6-13,26-29H2,3H3. The largest absolute Gasteiger partial charge is 0.494 e. The van der Waals surface area contributed by atoms with Crippen molar-refractivity contribution in [3.63, 3.8) is 0 Å². The Morgan fingerprint density at radius 1 is 0.596 bits per heavy atom. The van der Waals surface area contributed by atoms with Gasteiger partial charge in [0.25, 0.3) is 0 Å². The molecule has 0 saturated heterocycles. The van der Waals surface area contributed by atoms with E-state index >= 15 is 0 Å². The molecule has 0 aliphatic rings. The highest BCUT2D eigenvalue weighted by Gasteiger charge is 2.06. The Labute approximate surface area is 277 Å². The molecule has 0 bridgehead atoms. The first-order valence-corrected chi connectivity index (χ1v) is 16.1. The van der Waals surface area contributed by atoms with Gasteiger partial charge in [0.15, 0.2) is 0 Å². The maximum atomic E-state index is 11.3. The third kappa shape index (κ3) is 14.7. The lowest BCUT2D eigenvalue weighted by Gasteiger charge is -2.22. The van der Waals surface area contributed by atoms with Crippen LogP contribution < -0.4 is 9.64 Å². The molecule has 0 spiro atoms. The molecular weight excluding hydrogens is 594 g/mol. The summed E-state index contributed by atoms with van der Waals surface area (Å²) < 4.78 is 15.9. The van der Waals surface area contributed by atoms with Gasteiger partial charge in [0.05, 0.1) is 42.5 Å². The first kappa shape index (κ1) is 36.3. The summed E-state index contributed by atoms with van der Waals surface area (Å²) in [7, 11) is 0. The van der Waals surface area contributed by atoms with Crippen LogP contribution in [-0.4, -0.2) is 44.8 Å². The Morgan fingerprint density at radius 2 is 1.00 bits per heavy atom. The zero-order valence-electron chi connectivity index (χ0n) is 27.3. The lowest BCUT2D eigenvalue weighted by atomic mass is 10.1. The number of hydrogen-bond donors (Lipinski definition) is 0. The molecule has 3 rings (SSSR count). The third-order valence-corrected chi connectivity index (χ3v) is 7.09. The molecule has 0 unspecified atom stereocenters. The van der Waals surface area contributed by atoms with Crippen molar-refractivity contribution in [2.24, 2.45) is 20.5 Å². The normalized spacial score (nSPS) is 11.0. The van der Waals surface area contributed by atoms with E-state index in [9.17, 15) is 9.59 Å². The van der Waals surface area contributed by atoms with E-state index in [1.54, 1.807) is 0 Å². The smallest absolute Gasteiger partial charge is 0.330 e. The summed E-state index contributed by atoms with van der Waals surface area (Å²) in [5.74, 6) is 0.0439. The number of ether oxygens (including phenoxy) is 3. The molecule has 0 N–H and O–H groups in total. The molecule has 0 aliphatic heterocycles. The van der Waals surface area contributed by atoms with Crippen LogP contribution in [0.1, 0.15) is 51.9 Å². The SMILES string of the molecule is C=CC(=O)OCCCCCCCCCOc1ccc(N=Nc2ccc(N=Nc3ccc(N(CC)CCOC(=O)C=C)cc3)cc2)cc1. The predicted octanol–water partition coefficient (Wildman–Crippen LogP) is 9.91. The van der Waals surface area contributed by atoms with Crippen molar-refractivity contribution >= 4 is 40.4 Å². The summed E-state index contributed by atoms with van der Waals surface area (Å²) in [5, 5.41) is 17.3. The molecule has 3 aromatic rings. The molecule has 10 heteroatoms.